The minimum Gasteiger partial charge on any atom is -0.326 e. The third-order valence-corrected chi connectivity index (χ3v) is 4.93. The molecule has 0 aliphatic heterocycles. The Morgan fingerprint density at radius 3 is 2.96 bits per heavy atom. The summed E-state index contributed by atoms with van der Waals surface area (Å²) in [4.78, 5) is 22.0. The van der Waals surface area contributed by atoms with Gasteiger partial charge in [-0.25, -0.2) is 9.97 Å². The van der Waals surface area contributed by atoms with E-state index in [4.69, 9.17) is 0 Å². The molecule has 25 heavy (non-hydrogen) atoms. The second-order valence-electron chi connectivity index (χ2n) is 5.44. The van der Waals surface area contributed by atoms with Crippen molar-refractivity contribution < 1.29 is 4.79 Å². The Kier molecular flexibility index (Phi) is 5.67. The van der Waals surface area contributed by atoms with Gasteiger partial charge in [0.2, 0.25) is 5.91 Å². The van der Waals surface area contributed by atoms with Crippen molar-refractivity contribution in [3.05, 3.63) is 59.2 Å². The van der Waals surface area contributed by atoms with E-state index < -0.39 is 0 Å². The fraction of sp³-hybridized carbons (Fsp3) is 0.167. The zero-order valence-electron chi connectivity index (χ0n) is 13.9. The number of rotatable bonds is 6. The number of pyridine rings is 1. The molecule has 1 amide bonds. The smallest absolute Gasteiger partial charge is 0.230 e. The highest BCUT2D eigenvalue weighted by Gasteiger charge is 2.09. The molecule has 128 valence electrons. The van der Waals surface area contributed by atoms with Crippen LogP contribution >= 0.6 is 23.1 Å². The van der Waals surface area contributed by atoms with Gasteiger partial charge in [-0.3, -0.25) is 4.79 Å². The third kappa shape index (κ3) is 5.04. The van der Waals surface area contributed by atoms with Crippen molar-refractivity contribution in [2.24, 2.45) is 0 Å². The van der Waals surface area contributed by atoms with Crippen LogP contribution in [0.25, 0.3) is 0 Å². The van der Waals surface area contributed by atoms with E-state index in [2.05, 4.69) is 20.6 Å². The van der Waals surface area contributed by atoms with Crippen molar-refractivity contribution in [3.8, 4) is 0 Å². The molecule has 0 saturated carbocycles. The molecule has 0 unspecified atom stereocenters. The second kappa shape index (κ2) is 8.13. The summed E-state index contributed by atoms with van der Waals surface area (Å²) in [5.41, 5.74) is 2.66. The van der Waals surface area contributed by atoms with E-state index in [1.54, 1.807) is 18.0 Å². The van der Waals surface area contributed by atoms with E-state index in [9.17, 15) is 4.79 Å². The number of carbonyl (C=O) groups excluding carboxylic acids is 1. The highest BCUT2D eigenvalue weighted by atomic mass is 32.2. The first-order valence-corrected chi connectivity index (χ1v) is 9.81. The molecule has 1 aromatic carbocycles. The van der Waals surface area contributed by atoms with Crippen molar-refractivity contribution in [2.75, 3.05) is 16.9 Å². The van der Waals surface area contributed by atoms with E-state index in [-0.39, 0.29) is 12.3 Å². The molecule has 2 heterocycles. The third-order valence-electron chi connectivity index (χ3n) is 3.40. The Morgan fingerprint density at radius 1 is 1.28 bits per heavy atom. The molecule has 0 atom stereocenters. The molecule has 7 heteroatoms. The van der Waals surface area contributed by atoms with Crippen LogP contribution in [0.1, 0.15) is 11.3 Å². The quantitative estimate of drug-likeness (QED) is 0.626. The summed E-state index contributed by atoms with van der Waals surface area (Å²) in [7, 11) is 0. The van der Waals surface area contributed by atoms with E-state index in [1.807, 2.05) is 55.0 Å². The molecular formula is C18H18N4OS2. The van der Waals surface area contributed by atoms with Gasteiger partial charge in [-0.15, -0.1) is 23.1 Å². The van der Waals surface area contributed by atoms with Crippen LogP contribution in [0.5, 0.6) is 0 Å². The Labute approximate surface area is 154 Å². The Hall–Kier alpha value is -2.38. The number of hydrogen-bond acceptors (Lipinski definition) is 6. The Morgan fingerprint density at radius 2 is 2.16 bits per heavy atom. The van der Waals surface area contributed by atoms with Crippen molar-refractivity contribution >= 4 is 45.6 Å². The first-order valence-electron chi connectivity index (χ1n) is 7.70. The zero-order chi connectivity index (χ0) is 17.6. The van der Waals surface area contributed by atoms with Gasteiger partial charge in [-0.1, -0.05) is 6.07 Å². The number of amides is 1. The Bertz CT molecular complexity index is 879. The summed E-state index contributed by atoms with van der Waals surface area (Å²) >= 11 is 3.10. The van der Waals surface area contributed by atoms with Crippen LogP contribution in [-0.4, -0.2) is 22.1 Å². The number of aryl methyl sites for hydroxylation is 1. The predicted octanol–water partition coefficient (Wildman–Crippen LogP) is 4.49. The summed E-state index contributed by atoms with van der Waals surface area (Å²) in [6.07, 6.45) is 4.00. The maximum absolute atomic E-state index is 12.2. The minimum atomic E-state index is -0.0798. The van der Waals surface area contributed by atoms with Crippen molar-refractivity contribution in [2.45, 2.75) is 18.2 Å². The van der Waals surface area contributed by atoms with Gasteiger partial charge in [0, 0.05) is 22.2 Å². The fourth-order valence-electron chi connectivity index (χ4n) is 2.23. The van der Waals surface area contributed by atoms with Crippen LogP contribution in [0.4, 0.5) is 16.6 Å². The van der Waals surface area contributed by atoms with Gasteiger partial charge in [0.05, 0.1) is 12.1 Å². The van der Waals surface area contributed by atoms with Gasteiger partial charge in [0.1, 0.15) is 5.82 Å². The van der Waals surface area contributed by atoms with Crippen LogP contribution in [0.15, 0.2) is 52.9 Å². The van der Waals surface area contributed by atoms with Crippen LogP contribution in [0, 0.1) is 6.92 Å². The molecule has 0 fully saturated rings. The number of carbonyl (C=O) groups is 1. The molecule has 3 aromatic rings. The van der Waals surface area contributed by atoms with Crippen molar-refractivity contribution in [1.82, 2.24) is 9.97 Å². The lowest BCUT2D eigenvalue weighted by atomic mass is 10.3. The van der Waals surface area contributed by atoms with E-state index >= 15 is 0 Å². The molecule has 5 nitrogen and oxygen atoms in total. The molecule has 2 N–H and O–H groups in total. The van der Waals surface area contributed by atoms with Gasteiger partial charge in [-0.05, 0) is 49.1 Å². The lowest BCUT2D eigenvalue weighted by Crippen LogP contribution is -2.14. The van der Waals surface area contributed by atoms with Crippen molar-refractivity contribution in [1.29, 1.82) is 0 Å². The number of nitrogens with zero attached hydrogens (tertiary/aromatic N) is 2. The lowest BCUT2D eigenvalue weighted by molar-refractivity contribution is -0.115. The summed E-state index contributed by atoms with van der Waals surface area (Å²) in [6, 6.07) is 11.7. The SMILES string of the molecule is CSc1cccc(NC(=O)Cc2csc(Nc3cc(C)ccn3)n2)c1. The molecule has 0 spiro atoms. The first-order chi connectivity index (χ1) is 12.1. The van der Waals surface area contributed by atoms with Gasteiger partial charge >= 0.3 is 0 Å². The van der Waals surface area contributed by atoms with E-state index in [0.717, 1.165) is 32.8 Å². The largest absolute Gasteiger partial charge is 0.326 e. The molecule has 0 radical (unpaired) electrons. The van der Waals surface area contributed by atoms with Crippen LogP contribution in [0.2, 0.25) is 0 Å². The molecule has 0 bridgehead atoms. The van der Waals surface area contributed by atoms with E-state index in [1.165, 1.54) is 11.3 Å². The van der Waals surface area contributed by atoms with Crippen LogP contribution < -0.4 is 10.6 Å². The highest BCUT2D eigenvalue weighted by Crippen LogP contribution is 2.21. The number of benzene rings is 1. The minimum absolute atomic E-state index is 0.0798. The number of aromatic nitrogens is 2. The highest BCUT2D eigenvalue weighted by molar-refractivity contribution is 7.98. The average Bonchev–Trinajstić information content (AvgIpc) is 3.01. The summed E-state index contributed by atoms with van der Waals surface area (Å²) in [5, 5.41) is 8.69. The zero-order valence-corrected chi connectivity index (χ0v) is 15.6. The van der Waals surface area contributed by atoms with Crippen molar-refractivity contribution in [3.63, 3.8) is 0 Å². The molecule has 0 aliphatic rings. The molecular weight excluding hydrogens is 352 g/mol. The van der Waals surface area contributed by atoms with Gasteiger partial charge in [0.15, 0.2) is 5.13 Å². The topological polar surface area (TPSA) is 66.9 Å². The molecule has 0 saturated heterocycles. The standard InChI is InChI=1S/C18H18N4OS2/c1-12-6-7-19-16(8-12)22-18-21-14(11-25-18)10-17(23)20-13-4-3-5-15(9-13)24-2/h3-9,11H,10H2,1-2H3,(H,20,23)(H,19,21,22). The molecule has 3 rings (SSSR count). The Balaban J connectivity index is 1.59. The number of hydrogen-bond donors (Lipinski definition) is 2. The maximum Gasteiger partial charge on any atom is 0.230 e. The number of thioether (sulfide) groups is 1. The number of nitrogens with one attached hydrogen (secondary N) is 2. The van der Waals surface area contributed by atoms with Crippen LogP contribution in [-0.2, 0) is 11.2 Å². The summed E-state index contributed by atoms with van der Waals surface area (Å²) in [6.45, 7) is 2.01. The maximum atomic E-state index is 12.2. The van der Waals surface area contributed by atoms with Gasteiger partial charge < -0.3 is 10.6 Å². The second-order valence-corrected chi connectivity index (χ2v) is 7.18. The fourth-order valence-corrected chi connectivity index (χ4v) is 3.41. The van der Waals surface area contributed by atoms with Crippen LogP contribution in [0.3, 0.4) is 0 Å². The summed E-state index contributed by atoms with van der Waals surface area (Å²) < 4.78 is 0. The normalized spacial score (nSPS) is 10.5. The monoisotopic (exact) mass is 370 g/mol. The van der Waals surface area contributed by atoms with Gasteiger partial charge in [0.25, 0.3) is 0 Å². The van der Waals surface area contributed by atoms with Gasteiger partial charge in [-0.2, -0.15) is 0 Å². The molecule has 2 aromatic heterocycles. The predicted molar refractivity (Wildman–Crippen MR) is 105 cm³/mol. The summed E-state index contributed by atoms with van der Waals surface area (Å²) in [5.74, 6) is 0.669. The first kappa shape index (κ1) is 17.4. The lowest BCUT2D eigenvalue weighted by Gasteiger charge is -2.05. The number of anilines is 3. The molecule has 0 aliphatic carbocycles. The van der Waals surface area contributed by atoms with E-state index in [0.29, 0.717) is 0 Å². The average molecular weight is 371 g/mol. The number of thiazole rings is 1.